The standard InChI is InChI=1S/C12H12BrNO3S/c13-8-3-1-7(2-4-8)5-10-11(15)14-9(6-18-10)12(16)17/h1-4,9-10H,5-6H2,(H,14,15)(H,16,17). The van der Waals surface area contributed by atoms with Gasteiger partial charge in [0.25, 0.3) is 0 Å². The van der Waals surface area contributed by atoms with Crippen molar-refractivity contribution in [3.63, 3.8) is 0 Å². The van der Waals surface area contributed by atoms with Crippen LogP contribution in [0.3, 0.4) is 0 Å². The lowest BCUT2D eigenvalue weighted by Gasteiger charge is -2.26. The normalized spacial score (nSPS) is 23.5. The van der Waals surface area contributed by atoms with Crippen molar-refractivity contribution in [2.24, 2.45) is 0 Å². The van der Waals surface area contributed by atoms with Crippen molar-refractivity contribution in [2.45, 2.75) is 17.7 Å². The van der Waals surface area contributed by atoms with Gasteiger partial charge in [-0.05, 0) is 24.1 Å². The molecule has 1 heterocycles. The van der Waals surface area contributed by atoms with E-state index in [1.54, 1.807) is 0 Å². The largest absolute Gasteiger partial charge is 0.480 e. The summed E-state index contributed by atoms with van der Waals surface area (Å²) in [6.07, 6.45) is 0.621. The summed E-state index contributed by atoms with van der Waals surface area (Å²) in [7, 11) is 0. The van der Waals surface area contributed by atoms with Crippen LogP contribution in [-0.4, -0.2) is 34.0 Å². The lowest BCUT2D eigenvalue weighted by atomic mass is 10.1. The summed E-state index contributed by atoms with van der Waals surface area (Å²) in [4.78, 5) is 22.5. The third-order valence-corrected chi connectivity index (χ3v) is 4.54. The molecule has 2 rings (SSSR count). The average Bonchev–Trinajstić information content (AvgIpc) is 2.34. The van der Waals surface area contributed by atoms with Crippen molar-refractivity contribution in [1.82, 2.24) is 5.32 Å². The molecule has 6 heteroatoms. The molecule has 1 saturated heterocycles. The molecule has 1 fully saturated rings. The highest BCUT2D eigenvalue weighted by Crippen LogP contribution is 2.22. The summed E-state index contributed by atoms with van der Waals surface area (Å²) < 4.78 is 0.998. The molecule has 2 unspecified atom stereocenters. The Kier molecular flexibility index (Phi) is 4.29. The third-order valence-electron chi connectivity index (χ3n) is 2.71. The van der Waals surface area contributed by atoms with Gasteiger partial charge in [-0.25, -0.2) is 4.79 Å². The Balaban J connectivity index is 1.97. The number of carboxylic acids is 1. The molecule has 1 amide bonds. The first-order valence-electron chi connectivity index (χ1n) is 5.45. The molecule has 0 bridgehead atoms. The van der Waals surface area contributed by atoms with Gasteiger partial charge in [-0.2, -0.15) is 0 Å². The van der Waals surface area contributed by atoms with E-state index in [2.05, 4.69) is 21.2 Å². The van der Waals surface area contributed by atoms with Gasteiger partial charge in [-0.1, -0.05) is 28.1 Å². The molecule has 4 nitrogen and oxygen atoms in total. The highest BCUT2D eigenvalue weighted by Gasteiger charge is 2.32. The number of carboxylic acid groups (broad SMARTS) is 1. The number of benzene rings is 1. The first kappa shape index (κ1) is 13.4. The van der Waals surface area contributed by atoms with Gasteiger partial charge in [0.15, 0.2) is 0 Å². The summed E-state index contributed by atoms with van der Waals surface area (Å²) >= 11 is 4.76. The van der Waals surface area contributed by atoms with Crippen LogP contribution in [0.1, 0.15) is 5.56 Å². The fourth-order valence-electron chi connectivity index (χ4n) is 1.71. The Labute approximate surface area is 117 Å². The highest BCUT2D eigenvalue weighted by molar-refractivity contribution is 9.10. The van der Waals surface area contributed by atoms with Gasteiger partial charge < -0.3 is 10.4 Å². The number of carbonyl (C=O) groups is 2. The zero-order valence-corrected chi connectivity index (χ0v) is 11.8. The molecule has 1 aromatic carbocycles. The second kappa shape index (κ2) is 5.75. The lowest BCUT2D eigenvalue weighted by molar-refractivity contribution is -0.141. The van der Waals surface area contributed by atoms with E-state index in [-0.39, 0.29) is 11.2 Å². The highest BCUT2D eigenvalue weighted by atomic mass is 79.9. The number of halogens is 1. The number of hydrogen-bond acceptors (Lipinski definition) is 3. The Hall–Kier alpha value is -1.01. The van der Waals surface area contributed by atoms with Crippen LogP contribution in [0, 0.1) is 0 Å². The summed E-state index contributed by atoms with van der Waals surface area (Å²) in [5.74, 6) is -0.748. The molecule has 0 spiro atoms. The monoisotopic (exact) mass is 329 g/mol. The van der Waals surface area contributed by atoms with Gasteiger partial charge >= 0.3 is 5.97 Å². The number of aliphatic carboxylic acids is 1. The van der Waals surface area contributed by atoms with Crippen molar-refractivity contribution in [3.8, 4) is 0 Å². The number of nitrogens with one attached hydrogen (secondary N) is 1. The first-order valence-corrected chi connectivity index (χ1v) is 7.29. The first-order chi connectivity index (χ1) is 8.56. The smallest absolute Gasteiger partial charge is 0.327 e. The Morgan fingerprint density at radius 1 is 1.44 bits per heavy atom. The quantitative estimate of drug-likeness (QED) is 0.885. The molecule has 0 saturated carbocycles. The maximum Gasteiger partial charge on any atom is 0.327 e. The topological polar surface area (TPSA) is 66.4 Å². The van der Waals surface area contributed by atoms with E-state index in [9.17, 15) is 9.59 Å². The summed E-state index contributed by atoms with van der Waals surface area (Å²) in [5, 5.41) is 11.2. The van der Waals surface area contributed by atoms with Gasteiger partial charge in [0, 0.05) is 10.2 Å². The van der Waals surface area contributed by atoms with Crippen molar-refractivity contribution in [2.75, 3.05) is 5.75 Å². The van der Waals surface area contributed by atoms with Crippen molar-refractivity contribution < 1.29 is 14.7 Å². The number of amides is 1. The zero-order valence-electron chi connectivity index (χ0n) is 9.43. The van der Waals surface area contributed by atoms with Gasteiger partial charge in [0.1, 0.15) is 6.04 Å². The van der Waals surface area contributed by atoms with Crippen LogP contribution in [0.4, 0.5) is 0 Å². The second-order valence-electron chi connectivity index (χ2n) is 4.05. The molecule has 18 heavy (non-hydrogen) atoms. The Morgan fingerprint density at radius 2 is 2.11 bits per heavy atom. The predicted molar refractivity (Wildman–Crippen MR) is 73.7 cm³/mol. The van der Waals surface area contributed by atoms with E-state index in [0.29, 0.717) is 12.2 Å². The summed E-state index contributed by atoms with van der Waals surface area (Å²) in [5.41, 5.74) is 1.07. The molecular formula is C12H12BrNO3S. The van der Waals surface area contributed by atoms with E-state index in [0.717, 1.165) is 10.0 Å². The van der Waals surface area contributed by atoms with Crippen LogP contribution >= 0.6 is 27.7 Å². The maximum absolute atomic E-state index is 11.8. The van der Waals surface area contributed by atoms with Gasteiger partial charge in [-0.3, -0.25) is 4.79 Å². The van der Waals surface area contributed by atoms with E-state index in [1.807, 2.05) is 24.3 Å². The van der Waals surface area contributed by atoms with E-state index in [1.165, 1.54) is 11.8 Å². The van der Waals surface area contributed by atoms with Crippen LogP contribution in [0.15, 0.2) is 28.7 Å². The fourth-order valence-corrected chi connectivity index (χ4v) is 3.16. The molecule has 96 valence electrons. The maximum atomic E-state index is 11.8. The predicted octanol–water partition coefficient (Wildman–Crippen LogP) is 1.68. The minimum atomic E-state index is -0.974. The van der Waals surface area contributed by atoms with Gasteiger partial charge in [0.2, 0.25) is 5.91 Å². The fraction of sp³-hybridized carbons (Fsp3) is 0.333. The molecular weight excluding hydrogens is 318 g/mol. The summed E-state index contributed by atoms with van der Waals surface area (Å²) in [6, 6.07) is 7.02. The third kappa shape index (κ3) is 3.26. The molecule has 2 N–H and O–H groups in total. The molecule has 1 aliphatic rings. The SMILES string of the molecule is O=C(O)C1CSC(Cc2ccc(Br)cc2)C(=O)N1. The van der Waals surface area contributed by atoms with E-state index >= 15 is 0 Å². The number of rotatable bonds is 3. The van der Waals surface area contributed by atoms with Crippen LogP contribution in [-0.2, 0) is 16.0 Å². The van der Waals surface area contributed by atoms with Crippen LogP contribution in [0.5, 0.6) is 0 Å². The average molecular weight is 330 g/mol. The summed E-state index contributed by atoms with van der Waals surface area (Å²) in [6.45, 7) is 0. The minimum absolute atomic E-state index is 0.193. The van der Waals surface area contributed by atoms with Crippen molar-refractivity contribution in [1.29, 1.82) is 0 Å². The lowest BCUT2D eigenvalue weighted by Crippen LogP contribution is -2.51. The molecule has 0 aromatic heterocycles. The number of hydrogen-bond donors (Lipinski definition) is 2. The second-order valence-corrected chi connectivity index (χ2v) is 6.20. The number of thioether (sulfide) groups is 1. The molecule has 2 atom stereocenters. The molecule has 0 radical (unpaired) electrons. The van der Waals surface area contributed by atoms with E-state index in [4.69, 9.17) is 5.11 Å². The van der Waals surface area contributed by atoms with Crippen LogP contribution in [0.25, 0.3) is 0 Å². The minimum Gasteiger partial charge on any atom is -0.480 e. The van der Waals surface area contributed by atoms with Crippen molar-refractivity contribution in [3.05, 3.63) is 34.3 Å². The molecule has 0 aliphatic carbocycles. The van der Waals surface area contributed by atoms with Gasteiger partial charge in [-0.15, -0.1) is 11.8 Å². The van der Waals surface area contributed by atoms with Crippen LogP contribution in [0.2, 0.25) is 0 Å². The Bertz CT molecular complexity index is 463. The zero-order chi connectivity index (χ0) is 13.1. The van der Waals surface area contributed by atoms with E-state index < -0.39 is 12.0 Å². The Morgan fingerprint density at radius 3 is 2.67 bits per heavy atom. The molecule has 1 aliphatic heterocycles. The van der Waals surface area contributed by atoms with Crippen molar-refractivity contribution >= 4 is 39.6 Å². The van der Waals surface area contributed by atoms with Gasteiger partial charge in [0.05, 0.1) is 5.25 Å². The number of carbonyl (C=O) groups excluding carboxylic acids is 1. The molecule has 1 aromatic rings. The van der Waals surface area contributed by atoms with Crippen LogP contribution < -0.4 is 5.32 Å².